The second-order valence-corrected chi connectivity index (χ2v) is 7.88. The molecule has 0 heterocycles. The number of rotatable bonds is 1. The van der Waals surface area contributed by atoms with Crippen molar-refractivity contribution in [3.8, 4) is 0 Å². The van der Waals surface area contributed by atoms with E-state index in [4.69, 9.17) is 0 Å². The summed E-state index contributed by atoms with van der Waals surface area (Å²) in [7, 11) is 0. The number of allylic oxidation sites excluding steroid dienone is 1. The molecule has 0 aromatic rings. The second kappa shape index (κ2) is 4.08. The van der Waals surface area contributed by atoms with E-state index < -0.39 is 11.2 Å². The Kier molecular flexibility index (Phi) is 2.93. The first-order valence-electron chi connectivity index (χ1n) is 7.85. The Balaban J connectivity index is 2.07. The number of hydrogen-bond donors (Lipinski definition) is 2. The Morgan fingerprint density at radius 3 is 2.47 bits per heavy atom. The third-order valence-electron chi connectivity index (χ3n) is 6.69. The van der Waals surface area contributed by atoms with Gasteiger partial charge in [-0.05, 0) is 82.5 Å². The summed E-state index contributed by atoms with van der Waals surface area (Å²) in [5, 5.41) is 21.9. The van der Waals surface area contributed by atoms with Gasteiger partial charge in [-0.25, -0.2) is 0 Å². The van der Waals surface area contributed by atoms with Gasteiger partial charge >= 0.3 is 0 Å². The van der Waals surface area contributed by atoms with Crippen molar-refractivity contribution in [2.24, 2.45) is 29.6 Å². The van der Waals surface area contributed by atoms with E-state index in [1.54, 1.807) is 0 Å². The van der Waals surface area contributed by atoms with Gasteiger partial charge in [-0.15, -0.1) is 0 Å². The van der Waals surface area contributed by atoms with E-state index in [1.165, 1.54) is 5.57 Å². The SMILES string of the molecule is C=C(C)[C@H]1C[C@H]2CC[C@@H]1[C@H]1[C@H](CC[C@]1(C)O)[C@]2(C)O. The first-order chi connectivity index (χ1) is 8.75. The van der Waals surface area contributed by atoms with Crippen molar-refractivity contribution in [3.63, 3.8) is 0 Å². The molecule has 0 aromatic heterocycles. The molecule has 4 saturated carbocycles. The second-order valence-electron chi connectivity index (χ2n) is 7.88. The smallest absolute Gasteiger partial charge is 0.0679 e. The van der Waals surface area contributed by atoms with Crippen LogP contribution in [0, 0.1) is 29.6 Å². The molecule has 0 aliphatic heterocycles. The van der Waals surface area contributed by atoms with Gasteiger partial charge in [0.2, 0.25) is 0 Å². The van der Waals surface area contributed by atoms with Gasteiger partial charge in [0.15, 0.2) is 0 Å². The number of aliphatic hydroxyl groups is 2. The molecule has 0 amide bonds. The van der Waals surface area contributed by atoms with Crippen LogP contribution < -0.4 is 0 Å². The van der Waals surface area contributed by atoms with Crippen LogP contribution in [0.25, 0.3) is 0 Å². The summed E-state index contributed by atoms with van der Waals surface area (Å²) in [6, 6.07) is 0. The highest BCUT2D eigenvalue weighted by Gasteiger charge is 2.61. The average Bonchev–Trinajstić information content (AvgIpc) is 2.54. The summed E-state index contributed by atoms with van der Waals surface area (Å²) in [6.07, 6.45) is 5.14. The van der Waals surface area contributed by atoms with Crippen LogP contribution in [0.1, 0.15) is 52.9 Å². The summed E-state index contributed by atoms with van der Waals surface area (Å²) >= 11 is 0. The van der Waals surface area contributed by atoms with Crippen molar-refractivity contribution in [3.05, 3.63) is 12.2 Å². The summed E-state index contributed by atoms with van der Waals surface area (Å²) in [5.74, 6) is 1.91. The maximum absolute atomic E-state index is 11.1. The highest BCUT2D eigenvalue weighted by Crippen LogP contribution is 2.61. The molecule has 2 nitrogen and oxygen atoms in total. The van der Waals surface area contributed by atoms with Gasteiger partial charge in [0.25, 0.3) is 0 Å². The van der Waals surface area contributed by atoms with E-state index in [9.17, 15) is 10.2 Å². The lowest BCUT2D eigenvalue weighted by Crippen LogP contribution is -2.44. The summed E-state index contributed by atoms with van der Waals surface area (Å²) < 4.78 is 0. The van der Waals surface area contributed by atoms with Crippen LogP contribution in [-0.4, -0.2) is 21.4 Å². The molecule has 0 unspecified atom stereocenters. The molecule has 2 bridgehead atoms. The zero-order valence-electron chi connectivity index (χ0n) is 12.5. The molecule has 2 heteroatoms. The Bertz CT molecular complexity index is 396. The Labute approximate surface area is 116 Å². The number of fused-ring (bicyclic) bond motifs is 2. The van der Waals surface area contributed by atoms with Crippen molar-refractivity contribution in [1.29, 1.82) is 0 Å². The van der Waals surface area contributed by atoms with Crippen LogP contribution >= 0.6 is 0 Å². The highest BCUT2D eigenvalue weighted by molar-refractivity contribution is 5.15. The van der Waals surface area contributed by atoms with E-state index >= 15 is 0 Å². The molecule has 19 heavy (non-hydrogen) atoms. The average molecular weight is 264 g/mol. The van der Waals surface area contributed by atoms with Gasteiger partial charge in [-0.3, -0.25) is 0 Å². The van der Waals surface area contributed by atoms with E-state index in [-0.39, 0.29) is 11.8 Å². The van der Waals surface area contributed by atoms with Gasteiger partial charge < -0.3 is 10.2 Å². The third kappa shape index (κ3) is 1.83. The fraction of sp³-hybridized carbons (Fsp3) is 0.882. The van der Waals surface area contributed by atoms with Gasteiger partial charge in [0, 0.05) is 0 Å². The molecule has 4 rings (SSSR count). The van der Waals surface area contributed by atoms with Crippen molar-refractivity contribution in [2.45, 2.75) is 64.1 Å². The number of hydrogen-bond acceptors (Lipinski definition) is 2. The first kappa shape index (κ1) is 13.6. The summed E-state index contributed by atoms with van der Waals surface area (Å²) in [6.45, 7) is 10.3. The molecular weight excluding hydrogens is 236 g/mol. The van der Waals surface area contributed by atoms with Crippen LogP contribution in [0.3, 0.4) is 0 Å². The predicted molar refractivity (Wildman–Crippen MR) is 76.6 cm³/mol. The standard InChI is InChI=1S/C17H28O2/c1-10(2)13-9-11-5-6-12(13)15-14(17(11,4)19)7-8-16(15,3)18/h11-15,18-19H,1,5-9H2,2-4H3/t11-,12+,13-,14+,15+,16+,17-/m1/s1. The Hall–Kier alpha value is -0.340. The minimum atomic E-state index is -0.607. The summed E-state index contributed by atoms with van der Waals surface area (Å²) in [4.78, 5) is 0. The van der Waals surface area contributed by atoms with Crippen molar-refractivity contribution < 1.29 is 10.2 Å². The zero-order chi connectivity index (χ0) is 14.0. The van der Waals surface area contributed by atoms with Crippen LogP contribution in [0.15, 0.2) is 12.2 Å². The van der Waals surface area contributed by atoms with Crippen molar-refractivity contribution in [1.82, 2.24) is 0 Å². The molecule has 2 N–H and O–H groups in total. The minimum absolute atomic E-state index is 0.247. The highest BCUT2D eigenvalue weighted by atomic mass is 16.3. The topological polar surface area (TPSA) is 40.5 Å². The van der Waals surface area contributed by atoms with E-state index in [0.717, 1.165) is 32.1 Å². The Morgan fingerprint density at radius 2 is 1.84 bits per heavy atom. The van der Waals surface area contributed by atoms with Crippen LogP contribution in [0.2, 0.25) is 0 Å². The fourth-order valence-electron chi connectivity index (χ4n) is 5.67. The molecule has 4 aliphatic carbocycles. The molecule has 0 aromatic carbocycles. The lowest BCUT2D eigenvalue weighted by Gasteiger charge is -2.40. The maximum atomic E-state index is 11.1. The third-order valence-corrected chi connectivity index (χ3v) is 6.69. The van der Waals surface area contributed by atoms with Crippen molar-refractivity contribution in [2.75, 3.05) is 0 Å². The van der Waals surface area contributed by atoms with E-state index in [1.807, 2.05) is 13.8 Å². The Morgan fingerprint density at radius 1 is 1.16 bits per heavy atom. The van der Waals surface area contributed by atoms with Gasteiger partial charge in [-0.1, -0.05) is 12.2 Å². The molecule has 0 spiro atoms. The van der Waals surface area contributed by atoms with Gasteiger partial charge in [-0.2, -0.15) is 0 Å². The first-order valence-corrected chi connectivity index (χ1v) is 7.85. The monoisotopic (exact) mass is 264 g/mol. The van der Waals surface area contributed by atoms with Crippen LogP contribution in [0.4, 0.5) is 0 Å². The molecule has 7 atom stereocenters. The molecule has 4 aliphatic rings. The van der Waals surface area contributed by atoms with Crippen LogP contribution in [-0.2, 0) is 0 Å². The summed E-state index contributed by atoms with van der Waals surface area (Å²) in [5.41, 5.74) is 0.0324. The molecular formula is C17H28O2. The minimum Gasteiger partial charge on any atom is -0.390 e. The normalized spacial score (nSPS) is 56.8. The van der Waals surface area contributed by atoms with E-state index in [0.29, 0.717) is 17.8 Å². The predicted octanol–water partition coefficient (Wildman–Crippen LogP) is 3.14. The largest absolute Gasteiger partial charge is 0.390 e. The zero-order valence-corrected chi connectivity index (χ0v) is 12.5. The lowest BCUT2D eigenvalue weighted by atomic mass is 9.66. The van der Waals surface area contributed by atoms with E-state index in [2.05, 4.69) is 13.5 Å². The maximum Gasteiger partial charge on any atom is 0.0679 e. The molecule has 0 radical (unpaired) electrons. The van der Waals surface area contributed by atoms with Crippen molar-refractivity contribution >= 4 is 0 Å². The van der Waals surface area contributed by atoms with Gasteiger partial charge in [0.05, 0.1) is 11.2 Å². The molecule has 4 fully saturated rings. The van der Waals surface area contributed by atoms with Gasteiger partial charge in [0.1, 0.15) is 0 Å². The lowest BCUT2D eigenvalue weighted by molar-refractivity contribution is -0.0780. The molecule has 108 valence electrons. The quantitative estimate of drug-likeness (QED) is 0.714. The fourth-order valence-corrected chi connectivity index (χ4v) is 5.67. The molecule has 0 saturated heterocycles. The van der Waals surface area contributed by atoms with Crippen LogP contribution in [0.5, 0.6) is 0 Å².